The van der Waals surface area contributed by atoms with E-state index in [0.717, 1.165) is 34.4 Å². The lowest BCUT2D eigenvalue weighted by molar-refractivity contribution is -0.0679. The fraction of sp³-hybridized carbons (Fsp3) is 0.680. The summed E-state index contributed by atoms with van der Waals surface area (Å²) in [6.07, 6.45) is 16.3. The molecule has 3 saturated carbocycles. The summed E-state index contributed by atoms with van der Waals surface area (Å²) in [5.41, 5.74) is 0.928. The number of ether oxygens (including phenoxy) is 1. The predicted octanol–water partition coefficient (Wildman–Crippen LogP) is 7.30. The Labute approximate surface area is 169 Å². The van der Waals surface area contributed by atoms with Crippen LogP contribution in [0.4, 0.5) is 0 Å². The average Bonchev–Trinajstić information content (AvgIpc) is 2.99. The maximum atomic E-state index is 6.43. The minimum absolute atomic E-state index is 0.368. The molecule has 1 aromatic carbocycles. The molecule has 27 heavy (non-hydrogen) atoms. The number of benzene rings is 1. The minimum atomic E-state index is 0.368. The second kappa shape index (κ2) is 6.55. The van der Waals surface area contributed by atoms with Crippen molar-refractivity contribution in [1.29, 1.82) is 0 Å². The minimum Gasteiger partial charge on any atom is -0.490 e. The zero-order valence-electron chi connectivity index (χ0n) is 16.8. The molecule has 4 aliphatic carbocycles. The van der Waals surface area contributed by atoms with Gasteiger partial charge in [0.1, 0.15) is 5.75 Å². The maximum Gasteiger partial charge on any atom is 0.119 e. The van der Waals surface area contributed by atoms with Gasteiger partial charge >= 0.3 is 0 Å². The molecule has 1 nitrogen and oxygen atoms in total. The second-order valence-electron chi connectivity index (χ2n) is 10.3. The van der Waals surface area contributed by atoms with Crippen LogP contribution < -0.4 is 4.74 Å². The van der Waals surface area contributed by atoms with Crippen molar-refractivity contribution in [3.63, 3.8) is 0 Å². The molecule has 3 fully saturated rings. The van der Waals surface area contributed by atoms with Crippen molar-refractivity contribution < 1.29 is 4.74 Å². The van der Waals surface area contributed by atoms with E-state index in [2.05, 4.69) is 26.0 Å². The van der Waals surface area contributed by atoms with Crippen molar-refractivity contribution in [2.45, 2.75) is 71.3 Å². The molecule has 2 heteroatoms. The number of hydrogen-bond acceptors (Lipinski definition) is 1. The fourth-order valence-corrected chi connectivity index (χ4v) is 7.73. The Balaban J connectivity index is 1.36. The number of hydrogen-bond donors (Lipinski definition) is 0. The van der Waals surface area contributed by atoms with Gasteiger partial charge in [0.2, 0.25) is 0 Å². The van der Waals surface area contributed by atoms with E-state index in [4.69, 9.17) is 16.3 Å². The van der Waals surface area contributed by atoms with Gasteiger partial charge in [0.25, 0.3) is 0 Å². The molecule has 0 spiro atoms. The molecule has 4 aliphatic rings. The van der Waals surface area contributed by atoms with Crippen LogP contribution >= 0.6 is 11.6 Å². The lowest BCUT2D eigenvalue weighted by Gasteiger charge is -2.58. The molecule has 0 unspecified atom stereocenters. The summed E-state index contributed by atoms with van der Waals surface area (Å²) in [5.74, 6) is 4.53. The van der Waals surface area contributed by atoms with Crippen LogP contribution in [0.5, 0.6) is 5.75 Å². The zero-order valence-corrected chi connectivity index (χ0v) is 17.5. The average molecular weight is 385 g/mol. The van der Waals surface area contributed by atoms with Crippen molar-refractivity contribution in [3.05, 3.63) is 41.4 Å². The number of allylic oxidation sites excluding steroid dienone is 2. The van der Waals surface area contributed by atoms with Gasteiger partial charge < -0.3 is 4.74 Å². The lowest BCUT2D eigenvalue weighted by atomic mass is 9.46. The molecule has 0 saturated heterocycles. The summed E-state index contributed by atoms with van der Waals surface area (Å²) in [6.45, 7) is 5.15. The molecule has 1 aromatic rings. The van der Waals surface area contributed by atoms with Gasteiger partial charge in [-0.25, -0.2) is 0 Å². The Kier molecular flexibility index (Phi) is 4.39. The van der Waals surface area contributed by atoms with Crippen LogP contribution in [-0.4, -0.2) is 6.10 Å². The van der Waals surface area contributed by atoms with Gasteiger partial charge in [0, 0.05) is 5.02 Å². The van der Waals surface area contributed by atoms with Crippen LogP contribution in [0.2, 0.25) is 5.02 Å². The van der Waals surface area contributed by atoms with Crippen molar-refractivity contribution in [1.82, 2.24) is 0 Å². The molecular formula is C25H33ClO. The van der Waals surface area contributed by atoms with E-state index in [9.17, 15) is 0 Å². The number of rotatable bonds is 2. The van der Waals surface area contributed by atoms with Crippen LogP contribution in [0.1, 0.15) is 65.2 Å². The third-order valence-electron chi connectivity index (χ3n) is 8.97. The molecule has 0 N–H and O–H groups in total. The van der Waals surface area contributed by atoms with Crippen molar-refractivity contribution >= 4 is 11.6 Å². The Morgan fingerprint density at radius 2 is 1.81 bits per heavy atom. The Bertz CT molecular complexity index is 724. The van der Waals surface area contributed by atoms with Gasteiger partial charge in [-0.1, -0.05) is 37.6 Å². The summed E-state index contributed by atoms with van der Waals surface area (Å²) in [7, 11) is 0. The first-order chi connectivity index (χ1) is 13.0. The highest BCUT2D eigenvalue weighted by Crippen LogP contribution is 2.65. The summed E-state index contributed by atoms with van der Waals surface area (Å²) in [5, 5.41) is 0.780. The quantitative estimate of drug-likeness (QED) is 0.486. The van der Waals surface area contributed by atoms with Crippen LogP contribution in [0.3, 0.4) is 0 Å². The first-order valence-electron chi connectivity index (χ1n) is 11.1. The van der Waals surface area contributed by atoms with Crippen LogP contribution in [-0.2, 0) is 0 Å². The molecule has 0 radical (unpaired) electrons. The molecule has 0 bridgehead atoms. The molecule has 0 amide bonds. The fourth-order valence-electron chi connectivity index (χ4n) is 7.61. The van der Waals surface area contributed by atoms with Gasteiger partial charge in [-0.3, -0.25) is 0 Å². The molecule has 7 atom stereocenters. The highest BCUT2D eigenvalue weighted by Gasteiger charge is 2.58. The monoisotopic (exact) mass is 384 g/mol. The number of fused-ring (bicyclic) bond motifs is 5. The molecule has 0 aliphatic heterocycles. The third-order valence-corrected chi connectivity index (χ3v) is 9.22. The van der Waals surface area contributed by atoms with Crippen LogP contribution in [0, 0.1) is 34.5 Å². The Morgan fingerprint density at radius 1 is 1.00 bits per heavy atom. The van der Waals surface area contributed by atoms with E-state index in [0.29, 0.717) is 16.9 Å². The summed E-state index contributed by atoms with van der Waals surface area (Å²) < 4.78 is 6.43. The number of halogens is 1. The molecule has 0 aromatic heterocycles. The Morgan fingerprint density at radius 3 is 2.63 bits per heavy atom. The smallest absolute Gasteiger partial charge is 0.119 e. The van der Waals surface area contributed by atoms with E-state index in [-0.39, 0.29) is 0 Å². The van der Waals surface area contributed by atoms with Gasteiger partial charge in [-0.15, -0.1) is 0 Å². The summed E-state index contributed by atoms with van der Waals surface area (Å²) >= 11 is 6.03. The van der Waals surface area contributed by atoms with E-state index >= 15 is 0 Å². The second-order valence-corrected chi connectivity index (χ2v) is 10.8. The molecular weight excluding hydrogens is 352 g/mol. The maximum absolute atomic E-state index is 6.43. The van der Waals surface area contributed by atoms with Gasteiger partial charge in [-0.05, 0) is 110 Å². The molecule has 0 heterocycles. The largest absolute Gasteiger partial charge is 0.490 e. The normalized spacial score (nSPS) is 45.7. The zero-order chi connectivity index (χ0) is 18.6. The lowest BCUT2D eigenvalue weighted by Crippen LogP contribution is -2.50. The topological polar surface area (TPSA) is 9.23 Å². The van der Waals surface area contributed by atoms with Crippen molar-refractivity contribution in [3.8, 4) is 5.75 Å². The van der Waals surface area contributed by atoms with E-state index in [1.807, 2.05) is 24.3 Å². The standard InChI is InChI=1S/C25H33ClO/c1-24-14-12-22-21(11-6-17-5-3-4-13-25(17,22)2)23(24)15-20(16-24)27-19-9-7-18(26)8-10-19/h4,7-10,13,17,20-23H,3,5-6,11-12,14-16H2,1-2H3/t17-,20+,21-,22+,23+,24-,25+/m1/s1. The van der Waals surface area contributed by atoms with Gasteiger partial charge in [-0.2, -0.15) is 0 Å². The first-order valence-corrected chi connectivity index (χ1v) is 11.5. The molecule has 5 rings (SSSR count). The van der Waals surface area contributed by atoms with Crippen molar-refractivity contribution in [2.75, 3.05) is 0 Å². The SMILES string of the molecule is C[C@]12CC[C@H]3[C@@H](CC[C@H]4CCC=C[C@@]43C)[C@@H]1C[C@H](Oc1ccc(Cl)cc1)C2. The van der Waals surface area contributed by atoms with E-state index in [1.54, 1.807) is 0 Å². The first kappa shape index (κ1) is 18.1. The Hall–Kier alpha value is -0.950. The predicted molar refractivity (Wildman–Crippen MR) is 112 cm³/mol. The molecule has 146 valence electrons. The van der Waals surface area contributed by atoms with E-state index < -0.39 is 0 Å². The third kappa shape index (κ3) is 2.96. The highest BCUT2D eigenvalue weighted by molar-refractivity contribution is 6.30. The summed E-state index contributed by atoms with van der Waals surface area (Å²) in [6, 6.07) is 7.92. The highest BCUT2D eigenvalue weighted by atomic mass is 35.5. The van der Waals surface area contributed by atoms with E-state index in [1.165, 1.54) is 51.4 Å². The van der Waals surface area contributed by atoms with Gasteiger partial charge in [0.15, 0.2) is 0 Å². The summed E-state index contributed by atoms with van der Waals surface area (Å²) in [4.78, 5) is 0. The van der Waals surface area contributed by atoms with Crippen LogP contribution in [0.25, 0.3) is 0 Å². The van der Waals surface area contributed by atoms with Gasteiger partial charge in [0.05, 0.1) is 6.10 Å². The van der Waals surface area contributed by atoms with Crippen molar-refractivity contribution in [2.24, 2.45) is 34.5 Å². The van der Waals surface area contributed by atoms with Crippen LogP contribution in [0.15, 0.2) is 36.4 Å².